The first-order valence-corrected chi connectivity index (χ1v) is 6.76. The van der Waals surface area contributed by atoms with Crippen LogP contribution in [0.2, 0.25) is 0 Å². The average molecular weight is 268 g/mol. The van der Waals surface area contributed by atoms with Gasteiger partial charge in [0.1, 0.15) is 11.5 Å². The number of rotatable bonds is 3. The Kier molecular flexibility index (Phi) is 4.19. The smallest absolute Gasteiger partial charge is 0.322 e. The van der Waals surface area contributed by atoms with Crippen LogP contribution in [-0.2, 0) is 0 Å². The van der Waals surface area contributed by atoms with Gasteiger partial charge in [0.25, 0.3) is 0 Å². The largest absolute Gasteiger partial charge is 0.497 e. The van der Waals surface area contributed by atoms with Gasteiger partial charge in [0, 0.05) is 18.4 Å². The average Bonchev–Trinajstić information content (AvgIpc) is 2.93. The number of methoxy groups -OCH3 is 2. The van der Waals surface area contributed by atoms with Crippen molar-refractivity contribution in [1.82, 2.24) is 4.90 Å². The lowest BCUT2D eigenvalue weighted by atomic mass is 10.2. The molecule has 0 atom stereocenters. The Labute approximate surface area is 110 Å². The Balaban J connectivity index is 2.10. The molecule has 0 aliphatic carbocycles. The van der Waals surface area contributed by atoms with Crippen LogP contribution in [0.5, 0.6) is 11.5 Å². The summed E-state index contributed by atoms with van der Waals surface area (Å²) < 4.78 is 10.3. The number of anilines is 1. The summed E-state index contributed by atoms with van der Waals surface area (Å²) in [5.74, 6) is 3.02. The molecule has 0 aromatic heterocycles. The quantitative estimate of drug-likeness (QED) is 0.913. The number of amides is 2. The van der Waals surface area contributed by atoms with E-state index in [4.69, 9.17) is 9.47 Å². The second-order valence-corrected chi connectivity index (χ2v) is 4.87. The third kappa shape index (κ3) is 2.81. The first-order valence-electron chi connectivity index (χ1n) is 5.60. The molecule has 0 radical (unpaired) electrons. The van der Waals surface area contributed by atoms with E-state index in [1.807, 2.05) is 0 Å². The second kappa shape index (κ2) is 5.86. The third-order valence-corrected chi connectivity index (χ3v) is 3.66. The summed E-state index contributed by atoms with van der Waals surface area (Å²) in [5, 5.41) is 2.85. The zero-order valence-electron chi connectivity index (χ0n) is 10.4. The molecule has 1 aliphatic rings. The van der Waals surface area contributed by atoms with Crippen molar-refractivity contribution in [1.29, 1.82) is 0 Å². The van der Waals surface area contributed by atoms with Crippen molar-refractivity contribution >= 4 is 23.5 Å². The fourth-order valence-corrected chi connectivity index (χ4v) is 2.62. The number of ether oxygens (including phenoxy) is 2. The molecule has 5 nitrogen and oxygen atoms in total. The Morgan fingerprint density at radius 1 is 1.39 bits per heavy atom. The summed E-state index contributed by atoms with van der Waals surface area (Å²) in [7, 11) is 3.16. The van der Waals surface area contributed by atoms with Crippen molar-refractivity contribution in [3.05, 3.63) is 18.2 Å². The highest BCUT2D eigenvalue weighted by Crippen LogP contribution is 2.29. The number of thioether (sulfide) groups is 1. The minimum absolute atomic E-state index is 0.0940. The van der Waals surface area contributed by atoms with Crippen molar-refractivity contribution in [3.8, 4) is 11.5 Å². The molecule has 98 valence electrons. The van der Waals surface area contributed by atoms with Crippen LogP contribution >= 0.6 is 11.8 Å². The topological polar surface area (TPSA) is 50.8 Å². The molecule has 0 spiro atoms. The van der Waals surface area contributed by atoms with Gasteiger partial charge in [-0.3, -0.25) is 0 Å². The minimum Gasteiger partial charge on any atom is -0.497 e. The van der Waals surface area contributed by atoms with Gasteiger partial charge in [0.2, 0.25) is 0 Å². The maximum absolute atomic E-state index is 12.0. The molecule has 0 unspecified atom stereocenters. The lowest BCUT2D eigenvalue weighted by molar-refractivity contribution is 0.225. The van der Waals surface area contributed by atoms with Crippen LogP contribution in [0, 0.1) is 0 Å². The lowest BCUT2D eigenvalue weighted by Crippen LogP contribution is -2.32. The van der Waals surface area contributed by atoms with E-state index in [1.165, 1.54) is 0 Å². The third-order valence-electron chi connectivity index (χ3n) is 2.69. The SMILES string of the molecule is COc1ccc(NC(=O)N2CCSC2)c(OC)c1. The molecular formula is C12H16N2O3S. The lowest BCUT2D eigenvalue weighted by Gasteiger charge is -2.17. The normalized spacial score (nSPS) is 14.4. The predicted octanol–water partition coefficient (Wildman–Crippen LogP) is 2.24. The number of carbonyl (C=O) groups excluding carboxylic acids is 1. The van der Waals surface area contributed by atoms with Crippen molar-refractivity contribution in [2.24, 2.45) is 0 Å². The maximum Gasteiger partial charge on any atom is 0.322 e. The van der Waals surface area contributed by atoms with Gasteiger partial charge in [0.15, 0.2) is 0 Å². The van der Waals surface area contributed by atoms with Crippen LogP contribution in [0.15, 0.2) is 18.2 Å². The van der Waals surface area contributed by atoms with E-state index in [1.54, 1.807) is 49.1 Å². The molecule has 1 aromatic rings. The molecule has 1 N–H and O–H groups in total. The molecule has 6 heteroatoms. The van der Waals surface area contributed by atoms with Crippen molar-refractivity contribution < 1.29 is 14.3 Å². The van der Waals surface area contributed by atoms with E-state index in [-0.39, 0.29) is 6.03 Å². The predicted molar refractivity (Wildman–Crippen MR) is 72.6 cm³/mol. The van der Waals surface area contributed by atoms with Crippen molar-refractivity contribution in [2.45, 2.75) is 0 Å². The summed E-state index contributed by atoms with van der Waals surface area (Å²) in [4.78, 5) is 13.7. The molecule has 1 aliphatic heterocycles. The van der Waals surface area contributed by atoms with Gasteiger partial charge >= 0.3 is 6.03 Å². The van der Waals surface area contributed by atoms with Crippen LogP contribution in [0.3, 0.4) is 0 Å². The van der Waals surface area contributed by atoms with Crippen LogP contribution in [0.25, 0.3) is 0 Å². The molecule has 0 saturated carbocycles. The van der Waals surface area contributed by atoms with Crippen LogP contribution in [0.1, 0.15) is 0 Å². The molecule has 2 amide bonds. The zero-order chi connectivity index (χ0) is 13.0. The molecule has 18 heavy (non-hydrogen) atoms. The van der Waals surface area contributed by atoms with Crippen LogP contribution < -0.4 is 14.8 Å². The zero-order valence-corrected chi connectivity index (χ0v) is 11.3. The maximum atomic E-state index is 12.0. The fraction of sp³-hybridized carbons (Fsp3) is 0.417. The summed E-state index contributed by atoms with van der Waals surface area (Å²) in [5.41, 5.74) is 0.653. The number of hydrogen-bond donors (Lipinski definition) is 1. The highest BCUT2D eigenvalue weighted by molar-refractivity contribution is 7.99. The Morgan fingerprint density at radius 2 is 2.22 bits per heavy atom. The molecule has 0 bridgehead atoms. The van der Waals surface area contributed by atoms with E-state index in [2.05, 4.69) is 5.32 Å². The van der Waals surface area contributed by atoms with Gasteiger partial charge in [0.05, 0.1) is 25.8 Å². The molecule has 1 heterocycles. The highest BCUT2D eigenvalue weighted by atomic mass is 32.2. The molecule has 2 rings (SSSR count). The van der Waals surface area contributed by atoms with Gasteiger partial charge < -0.3 is 19.7 Å². The fourth-order valence-electron chi connectivity index (χ4n) is 1.67. The van der Waals surface area contributed by atoms with Gasteiger partial charge in [-0.25, -0.2) is 4.79 Å². The number of hydrogen-bond acceptors (Lipinski definition) is 4. The van der Waals surface area contributed by atoms with E-state index >= 15 is 0 Å². The van der Waals surface area contributed by atoms with Gasteiger partial charge in [-0.15, -0.1) is 11.8 Å². The Bertz CT molecular complexity index is 433. The second-order valence-electron chi connectivity index (χ2n) is 3.80. The Hall–Kier alpha value is -1.56. The summed E-state index contributed by atoms with van der Waals surface area (Å²) in [6, 6.07) is 5.22. The summed E-state index contributed by atoms with van der Waals surface area (Å²) >= 11 is 1.75. The molecule has 1 aromatic carbocycles. The molecular weight excluding hydrogens is 252 g/mol. The van der Waals surface area contributed by atoms with Crippen LogP contribution in [0.4, 0.5) is 10.5 Å². The first kappa shape index (κ1) is 12.9. The number of nitrogens with zero attached hydrogens (tertiary/aromatic N) is 1. The van der Waals surface area contributed by atoms with Crippen molar-refractivity contribution in [3.63, 3.8) is 0 Å². The van der Waals surface area contributed by atoms with E-state index < -0.39 is 0 Å². The van der Waals surface area contributed by atoms with Crippen LogP contribution in [-0.4, -0.2) is 43.3 Å². The van der Waals surface area contributed by atoms with Gasteiger partial charge in [-0.1, -0.05) is 0 Å². The highest BCUT2D eigenvalue weighted by Gasteiger charge is 2.19. The molecule has 1 saturated heterocycles. The summed E-state index contributed by atoms with van der Waals surface area (Å²) in [6.45, 7) is 0.787. The molecule has 1 fully saturated rings. The number of carbonyl (C=O) groups is 1. The first-order chi connectivity index (χ1) is 8.74. The number of nitrogens with one attached hydrogen (secondary N) is 1. The van der Waals surface area contributed by atoms with Crippen molar-refractivity contribution in [2.75, 3.05) is 37.7 Å². The summed E-state index contributed by atoms with van der Waals surface area (Å²) in [6.07, 6.45) is 0. The number of urea groups is 1. The number of benzene rings is 1. The monoisotopic (exact) mass is 268 g/mol. The minimum atomic E-state index is -0.0940. The van der Waals surface area contributed by atoms with E-state index in [0.29, 0.717) is 17.2 Å². The Morgan fingerprint density at radius 3 is 2.83 bits per heavy atom. The van der Waals surface area contributed by atoms with Gasteiger partial charge in [-0.2, -0.15) is 0 Å². The standard InChI is InChI=1S/C12H16N2O3S/c1-16-9-3-4-10(11(7-9)17-2)13-12(15)14-5-6-18-8-14/h3-4,7H,5-6,8H2,1-2H3,(H,13,15). The van der Waals surface area contributed by atoms with Gasteiger partial charge in [-0.05, 0) is 12.1 Å². The van der Waals surface area contributed by atoms with E-state index in [9.17, 15) is 4.79 Å². The van der Waals surface area contributed by atoms with E-state index in [0.717, 1.165) is 18.2 Å².